The van der Waals surface area contributed by atoms with Gasteiger partial charge in [0.05, 0.1) is 25.4 Å². The lowest BCUT2D eigenvalue weighted by molar-refractivity contribution is -0.107. The van der Waals surface area contributed by atoms with Crippen LogP contribution in [0.2, 0.25) is 0 Å². The van der Waals surface area contributed by atoms with Crippen LogP contribution in [0.3, 0.4) is 0 Å². The van der Waals surface area contributed by atoms with E-state index in [2.05, 4.69) is 0 Å². The Morgan fingerprint density at radius 1 is 1.12 bits per heavy atom. The van der Waals surface area contributed by atoms with Crippen LogP contribution in [0.25, 0.3) is 0 Å². The maximum Gasteiger partial charge on any atom is 0.339 e. The van der Waals surface area contributed by atoms with Gasteiger partial charge in [-0.2, -0.15) is 0 Å². The Morgan fingerprint density at radius 3 is 2.20 bits per heavy atom. The van der Waals surface area contributed by atoms with Gasteiger partial charge in [0.15, 0.2) is 6.29 Å². The van der Waals surface area contributed by atoms with E-state index in [4.69, 9.17) is 23.3 Å². The fourth-order valence-corrected chi connectivity index (χ4v) is 5.71. The summed E-state index contributed by atoms with van der Waals surface area (Å²) < 4.78 is 39.9. The highest BCUT2D eigenvalue weighted by molar-refractivity contribution is 7.54. The molecule has 25 heavy (non-hydrogen) atoms. The van der Waals surface area contributed by atoms with Crippen molar-refractivity contribution >= 4 is 24.9 Å². The SMILES string of the molecule is CCOC(=O)c1csc(C(CC(OC)OC)P(=O)(OCC)OCC)c1. The van der Waals surface area contributed by atoms with E-state index in [0.29, 0.717) is 17.0 Å². The average Bonchev–Trinajstić information content (AvgIpc) is 3.06. The van der Waals surface area contributed by atoms with Crippen molar-refractivity contribution in [2.45, 2.75) is 39.1 Å². The number of rotatable bonds is 12. The quantitative estimate of drug-likeness (QED) is 0.298. The van der Waals surface area contributed by atoms with Crippen molar-refractivity contribution in [3.63, 3.8) is 0 Å². The summed E-state index contributed by atoms with van der Waals surface area (Å²) in [6.45, 7) is 6.03. The van der Waals surface area contributed by atoms with Crippen LogP contribution >= 0.6 is 18.9 Å². The molecule has 0 saturated heterocycles. The first-order valence-corrected chi connectivity index (χ1v) is 10.6. The molecule has 1 atom stereocenters. The minimum Gasteiger partial charge on any atom is -0.462 e. The van der Waals surface area contributed by atoms with Gasteiger partial charge in [0.2, 0.25) is 0 Å². The molecule has 1 rings (SSSR count). The molecule has 1 unspecified atom stereocenters. The molecule has 0 aliphatic carbocycles. The summed E-state index contributed by atoms with van der Waals surface area (Å²) in [7, 11) is -0.446. The molecule has 1 heterocycles. The summed E-state index contributed by atoms with van der Waals surface area (Å²) in [5.74, 6) is -0.415. The predicted octanol–water partition coefficient (Wildman–Crippen LogP) is 4.24. The van der Waals surface area contributed by atoms with E-state index in [1.807, 2.05) is 0 Å². The van der Waals surface area contributed by atoms with Crippen molar-refractivity contribution in [3.05, 3.63) is 21.9 Å². The Morgan fingerprint density at radius 2 is 1.72 bits per heavy atom. The fraction of sp³-hybridized carbons (Fsp3) is 0.688. The van der Waals surface area contributed by atoms with E-state index >= 15 is 0 Å². The van der Waals surface area contributed by atoms with Gasteiger partial charge in [-0.05, 0) is 26.8 Å². The van der Waals surface area contributed by atoms with Gasteiger partial charge in [0.25, 0.3) is 0 Å². The molecule has 1 aromatic heterocycles. The zero-order chi connectivity index (χ0) is 18.9. The summed E-state index contributed by atoms with van der Waals surface area (Å²) in [5.41, 5.74) is -0.191. The van der Waals surface area contributed by atoms with Crippen LogP contribution in [0.15, 0.2) is 11.4 Å². The predicted molar refractivity (Wildman–Crippen MR) is 96.3 cm³/mol. The molecule has 0 fully saturated rings. The van der Waals surface area contributed by atoms with E-state index in [1.165, 1.54) is 25.6 Å². The van der Waals surface area contributed by atoms with Crippen LogP contribution in [0.4, 0.5) is 0 Å². The first-order chi connectivity index (χ1) is 11.9. The van der Waals surface area contributed by atoms with Crippen molar-refractivity contribution in [3.8, 4) is 0 Å². The summed E-state index contributed by atoms with van der Waals surface area (Å²) in [4.78, 5) is 12.6. The van der Waals surface area contributed by atoms with Crippen molar-refractivity contribution in [1.29, 1.82) is 0 Å². The minimum absolute atomic E-state index is 0.245. The lowest BCUT2D eigenvalue weighted by atomic mass is 10.2. The number of thiophene rings is 1. The number of carbonyl (C=O) groups is 1. The van der Waals surface area contributed by atoms with Gasteiger partial charge in [0, 0.05) is 30.9 Å². The van der Waals surface area contributed by atoms with Crippen LogP contribution in [-0.4, -0.2) is 46.3 Å². The van der Waals surface area contributed by atoms with E-state index in [-0.39, 0.29) is 19.6 Å². The second-order valence-electron chi connectivity index (χ2n) is 4.99. The van der Waals surface area contributed by atoms with Gasteiger partial charge in [0.1, 0.15) is 5.66 Å². The standard InChI is InChI=1S/C16H27O7PS/c1-6-21-16(17)12-9-14(25-11-12)13(10-15(19-4)20-5)24(18,22-7-2)23-8-3/h9,11,13,15H,6-8,10H2,1-5H3. The Bertz CT molecular complexity index is 561. The van der Waals surface area contributed by atoms with Crippen molar-refractivity contribution in [2.24, 2.45) is 0 Å². The molecule has 0 aromatic carbocycles. The molecule has 0 N–H and O–H groups in total. The first kappa shape index (κ1) is 22.3. The summed E-state index contributed by atoms with van der Waals surface area (Å²) in [6.07, 6.45) is -0.306. The zero-order valence-electron chi connectivity index (χ0n) is 15.4. The molecule has 0 bridgehead atoms. The minimum atomic E-state index is -3.47. The molecule has 0 radical (unpaired) electrons. The van der Waals surface area contributed by atoms with E-state index in [1.54, 1.807) is 32.2 Å². The molecule has 144 valence electrons. The molecule has 0 spiro atoms. The van der Waals surface area contributed by atoms with E-state index in [9.17, 15) is 9.36 Å². The fourth-order valence-electron chi connectivity index (χ4n) is 2.30. The number of carbonyl (C=O) groups excluding carboxylic acids is 1. The Kier molecular flexibility index (Phi) is 9.86. The lowest BCUT2D eigenvalue weighted by Gasteiger charge is -2.27. The first-order valence-electron chi connectivity index (χ1n) is 8.15. The topological polar surface area (TPSA) is 80.3 Å². The van der Waals surface area contributed by atoms with Crippen LogP contribution in [0.1, 0.15) is 48.1 Å². The highest BCUT2D eigenvalue weighted by atomic mass is 32.1. The lowest BCUT2D eigenvalue weighted by Crippen LogP contribution is -2.18. The number of esters is 1. The Labute approximate surface area is 153 Å². The number of ether oxygens (including phenoxy) is 3. The smallest absolute Gasteiger partial charge is 0.339 e. The third-order valence-electron chi connectivity index (χ3n) is 3.40. The molecule has 0 amide bonds. The molecule has 9 heteroatoms. The average molecular weight is 394 g/mol. The van der Waals surface area contributed by atoms with Gasteiger partial charge >= 0.3 is 13.6 Å². The second kappa shape index (κ2) is 11.1. The van der Waals surface area contributed by atoms with Gasteiger partial charge in [-0.1, -0.05) is 0 Å². The van der Waals surface area contributed by atoms with Crippen molar-refractivity contribution in [2.75, 3.05) is 34.0 Å². The maximum atomic E-state index is 13.3. The van der Waals surface area contributed by atoms with Gasteiger partial charge in [-0.3, -0.25) is 4.57 Å². The van der Waals surface area contributed by atoms with Crippen molar-refractivity contribution in [1.82, 2.24) is 0 Å². The van der Waals surface area contributed by atoms with Gasteiger partial charge < -0.3 is 23.3 Å². The maximum absolute atomic E-state index is 13.3. The third kappa shape index (κ3) is 6.16. The number of hydrogen-bond donors (Lipinski definition) is 0. The van der Waals surface area contributed by atoms with Crippen LogP contribution in [0.5, 0.6) is 0 Å². The third-order valence-corrected chi connectivity index (χ3v) is 7.11. The second-order valence-corrected chi connectivity index (χ2v) is 8.15. The molecule has 1 aromatic rings. The van der Waals surface area contributed by atoms with Crippen LogP contribution in [0, 0.1) is 0 Å². The molecule has 7 nitrogen and oxygen atoms in total. The molecule has 0 aliphatic rings. The van der Waals surface area contributed by atoms with Crippen molar-refractivity contribution < 1.29 is 32.6 Å². The number of methoxy groups -OCH3 is 2. The summed E-state index contributed by atoms with van der Waals surface area (Å²) >= 11 is 1.31. The van der Waals surface area contributed by atoms with Crippen LogP contribution < -0.4 is 0 Å². The normalized spacial score (nSPS) is 13.2. The Balaban J connectivity index is 3.21. The van der Waals surface area contributed by atoms with E-state index < -0.39 is 25.5 Å². The number of hydrogen-bond acceptors (Lipinski definition) is 8. The highest BCUT2D eigenvalue weighted by Gasteiger charge is 2.40. The zero-order valence-corrected chi connectivity index (χ0v) is 17.1. The van der Waals surface area contributed by atoms with Crippen LogP contribution in [-0.2, 0) is 27.8 Å². The Hall–Kier alpha value is -0.760. The van der Waals surface area contributed by atoms with Gasteiger partial charge in [-0.15, -0.1) is 11.3 Å². The summed E-state index contributed by atoms with van der Waals surface area (Å²) in [6, 6.07) is 1.67. The monoisotopic (exact) mass is 394 g/mol. The molecular weight excluding hydrogens is 367 g/mol. The van der Waals surface area contributed by atoms with E-state index in [0.717, 1.165) is 0 Å². The summed E-state index contributed by atoms with van der Waals surface area (Å²) in [5, 5.41) is 1.68. The molecule has 0 aliphatic heterocycles. The largest absolute Gasteiger partial charge is 0.462 e. The molecule has 0 saturated carbocycles. The molecular formula is C16H27O7PS. The highest BCUT2D eigenvalue weighted by Crippen LogP contribution is 2.63. The van der Waals surface area contributed by atoms with Gasteiger partial charge in [-0.25, -0.2) is 4.79 Å².